The fraction of sp³-hybridized carbons (Fsp3) is 0.316. The molecule has 0 saturated carbocycles. The van der Waals surface area contributed by atoms with Gasteiger partial charge in [0.25, 0.3) is 0 Å². The number of hydrogen-bond acceptors (Lipinski definition) is 2. The van der Waals surface area contributed by atoms with Crippen molar-refractivity contribution in [3.8, 4) is 5.75 Å². The zero-order chi connectivity index (χ0) is 15.8. The van der Waals surface area contributed by atoms with Crippen LogP contribution in [0.2, 0.25) is 0 Å². The Balaban J connectivity index is 1.67. The number of aryl methyl sites for hydroxylation is 2. The molecule has 2 aromatic rings. The van der Waals surface area contributed by atoms with Crippen molar-refractivity contribution in [2.24, 2.45) is 0 Å². The Hall–Kier alpha value is -2.29. The Morgan fingerprint density at radius 1 is 1.00 bits per heavy atom. The SMILES string of the molecule is COc1ccc(CCCCC(=O)Nc2ccc(C)cc2)cc1. The van der Waals surface area contributed by atoms with E-state index in [2.05, 4.69) is 17.4 Å². The van der Waals surface area contributed by atoms with E-state index in [1.807, 2.05) is 43.3 Å². The Morgan fingerprint density at radius 3 is 2.32 bits per heavy atom. The monoisotopic (exact) mass is 297 g/mol. The number of rotatable bonds is 7. The molecule has 0 fully saturated rings. The number of carbonyl (C=O) groups excluding carboxylic acids is 1. The molecule has 22 heavy (non-hydrogen) atoms. The van der Waals surface area contributed by atoms with E-state index in [0.717, 1.165) is 30.7 Å². The third-order valence-electron chi connectivity index (χ3n) is 3.61. The number of ether oxygens (including phenoxy) is 1. The second-order valence-electron chi connectivity index (χ2n) is 5.47. The molecule has 0 saturated heterocycles. The summed E-state index contributed by atoms with van der Waals surface area (Å²) in [7, 11) is 1.67. The van der Waals surface area contributed by atoms with Crippen molar-refractivity contribution in [3.63, 3.8) is 0 Å². The van der Waals surface area contributed by atoms with Crippen LogP contribution in [0.15, 0.2) is 48.5 Å². The average Bonchev–Trinajstić information content (AvgIpc) is 2.54. The van der Waals surface area contributed by atoms with E-state index in [9.17, 15) is 4.79 Å². The van der Waals surface area contributed by atoms with E-state index < -0.39 is 0 Å². The van der Waals surface area contributed by atoms with E-state index in [4.69, 9.17) is 4.74 Å². The fourth-order valence-electron chi connectivity index (χ4n) is 2.27. The largest absolute Gasteiger partial charge is 0.497 e. The van der Waals surface area contributed by atoms with Crippen molar-refractivity contribution in [1.29, 1.82) is 0 Å². The zero-order valence-electron chi connectivity index (χ0n) is 13.3. The predicted octanol–water partition coefficient (Wildman–Crippen LogP) is 4.36. The normalized spacial score (nSPS) is 10.3. The highest BCUT2D eigenvalue weighted by atomic mass is 16.5. The first-order valence-corrected chi connectivity index (χ1v) is 7.67. The van der Waals surface area contributed by atoms with Crippen molar-refractivity contribution in [2.45, 2.75) is 32.6 Å². The van der Waals surface area contributed by atoms with Crippen molar-refractivity contribution in [1.82, 2.24) is 0 Å². The van der Waals surface area contributed by atoms with Gasteiger partial charge in [-0.2, -0.15) is 0 Å². The number of amides is 1. The summed E-state index contributed by atoms with van der Waals surface area (Å²) in [6.45, 7) is 2.03. The maximum atomic E-state index is 11.9. The number of unbranched alkanes of at least 4 members (excludes halogenated alkanes) is 1. The average molecular weight is 297 g/mol. The quantitative estimate of drug-likeness (QED) is 0.771. The summed E-state index contributed by atoms with van der Waals surface area (Å²) in [5.41, 5.74) is 3.34. The second kappa shape index (κ2) is 8.23. The van der Waals surface area contributed by atoms with Gasteiger partial charge in [-0.25, -0.2) is 0 Å². The number of carbonyl (C=O) groups is 1. The molecule has 0 atom stereocenters. The van der Waals surface area contributed by atoms with Gasteiger partial charge >= 0.3 is 0 Å². The predicted molar refractivity (Wildman–Crippen MR) is 90.4 cm³/mol. The standard InChI is InChI=1S/C19H23NO2/c1-15-7-11-17(12-8-15)20-19(21)6-4-3-5-16-9-13-18(22-2)14-10-16/h7-14H,3-6H2,1-2H3,(H,20,21). The molecule has 0 heterocycles. The summed E-state index contributed by atoms with van der Waals surface area (Å²) >= 11 is 0. The van der Waals surface area contributed by atoms with Gasteiger partial charge in [0.2, 0.25) is 5.91 Å². The minimum absolute atomic E-state index is 0.0820. The Labute approximate surface area is 132 Å². The molecule has 2 rings (SSSR count). The van der Waals surface area contributed by atoms with Gasteiger partial charge in [0, 0.05) is 12.1 Å². The fourth-order valence-corrected chi connectivity index (χ4v) is 2.27. The lowest BCUT2D eigenvalue weighted by atomic mass is 10.1. The summed E-state index contributed by atoms with van der Waals surface area (Å²) in [5, 5.41) is 2.93. The molecule has 0 aliphatic carbocycles. The van der Waals surface area contributed by atoms with Crippen molar-refractivity contribution in [3.05, 3.63) is 59.7 Å². The van der Waals surface area contributed by atoms with E-state index >= 15 is 0 Å². The molecule has 0 spiro atoms. The van der Waals surface area contributed by atoms with Crippen molar-refractivity contribution >= 4 is 11.6 Å². The molecule has 0 unspecified atom stereocenters. The van der Waals surface area contributed by atoms with Crippen LogP contribution in [0, 0.1) is 6.92 Å². The van der Waals surface area contributed by atoms with Crippen molar-refractivity contribution in [2.75, 3.05) is 12.4 Å². The summed E-state index contributed by atoms with van der Waals surface area (Å²) in [6, 6.07) is 16.0. The second-order valence-corrected chi connectivity index (χ2v) is 5.47. The molecular weight excluding hydrogens is 274 g/mol. The summed E-state index contributed by atoms with van der Waals surface area (Å²) < 4.78 is 5.14. The molecule has 1 N–H and O–H groups in total. The Morgan fingerprint density at radius 2 is 1.68 bits per heavy atom. The van der Waals surface area contributed by atoms with Crippen LogP contribution < -0.4 is 10.1 Å². The maximum absolute atomic E-state index is 11.9. The van der Waals surface area contributed by atoms with E-state index in [0.29, 0.717) is 6.42 Å². The first-order valence-electron chi connectivity index (χ1n) is 7.67. The molecule has 0 aliphatic heterocycles. The van der Waals surface area contributed by atoms with Gasteiger partial charge < -0.3 is 10.1 Å². The lowest BCUT2D eigenvalue weighted by Gasteiger charge is -2.06. The smallest absolute Gasteiger partial charge is 0.224 e. The molecular formula is C19H23NO2. The molecule has 0 bridgehead atoms. The Kier molecular flexibility index (Phi) is 6.01. The zero-order valence-corrected chi connectivity index (χ0v) is 13.3. The van der Waals surface area contributed by atoms with Gasteiger partial charge in [-0.15, -0.1) is 0 Å². The summed E-state index contributed by atoms with van der Waals surface area (Å²) in [4.78, 5) is 11.9. The van der Waals surface area contributed by atoms with Crippen LogP contribution in [0.3, 0.4) is 0 Å². The van der Waals surface area contributed by atoms with Gasteiger partial charge in [-0.3, -0.25) is 4.79 Å². The van der Waals surface area contributed by atoms with Gasteiger partial charge in [-0.1, -0.05) is 29.8 Å². The molecule has 0 aromatic heterocycles. The number of nitrogens with one attached hydrogen (secondary N) is 1. The van der Waals surface area contributed by atoms with Crippen LogP contribution in [-0.4, -0.2) is 13.0 Å². The third-order valence-corrected chi connectivity index (χ3v) is 3.61. The minimum Gasteiger partial charge on any atom is -0.497 e. The topological polar surface area (TPSA) is 38.3 Å². The number of benzene rings is 2. The molecule has 116 valence electrons. The number of hydrogen-bond donors (Lipinski definition) is 1. The van der Waals surface area contributed by atoms with E-state index in [1.165, 1.54) is 11.1 Å². The van der Waals surface area contributed by atoms with Crippen LogP contribution >= 0.6 is 0 Å². The number of anilines is 1. The van der Waals surface area contributed by atoms with Crippen LogP contribution in [0.1, 0.15) is 30.4 Å². The summed E-state index contributed by atoms with van der Waals surface area (Å²) in [5.74, 6) is 0.958. The van der Waals surface area contributed by atoms with E-state index in [1.54, 1.807) is 7.11 Å². The lowest BCUT2D eigenvalue weighted by molar-refractivity contribution is -0.116. The van der Waals surface area contributed by atoms with E-state index in [-0.39, 0.29) is 5.91 Å². The Bertz CT molecular complexity index is 588. The van der Waals surface area contributed by atoms with Crippen molar-refractivity contribution < 1.29 is 9.53 Å². The van der Waals surface area contributed by atoms with Crippen LogP contribution in [0.4, 0.5) is 5.69 Å². The third kappa shape index (κ3) is 5.24. The van der Waals surface area contributed by atoms with Gasteiger partial charge in [0.1, 0.15) is 5.75 Å². The summed E-state index contributed by atoms with van der Waals surface area (Å²) in [6.07, 6.45) is 3.45. The van der Waals surface area contributed by atoms with Crippen LogP contribution in [0.5, 0.6) is 5.75 Å². The van der Waals surface area contributed by atoms with Gasteiger partial charge in [-0.05, 0) is 56.0 Å². The number of methoxy groups -OCH3 is 1. The first kappa shape index (κ1) is 16.1. The highest BCUT2D eigenvalue weighted by Gasteiger charge is 2.02. The maximum Gasteiger partial charge on any atom is 0.224 e. The molecule has 1 amide bonds. The van der Waals surface area contributed by atoms with Crippen LogP contribution in [0.25, 0.3) is 0 Å². The minimum atomic E-state index is 0.0820. The van der Waals surface area contributed by atoms with Crippen LogP contribution in [-0.2, 0) is 11.2 Å². The molecule has 3 nitrogen and oxygen atoms in total. The first-order chi connectivity index (χ1) is 10.7. The molecule has 3 heteroatoms. The molecule has 0 aliphatic rings. The highest BCUT2D eigenvalue weighted by Crippen LogP contribution is 2.14. The lowest BCUT2D eigenvalue weighted by Crippen LogP contribution is -2.11. The highest BCUT2D eigenvalue weighted by molar-refractivity contribution is 5.90. The van der Waals surface area contributed by atoms with Gasteiger partial charge in [0.05, 0.1) is 7.11 Å². The molecule has 0 radical (unpaired) electrons. The molecule has 2 aromatic carbocycles. The van der Waals surface area contributed by atoms with Gasteiger partial charge in [0.15, 0.2) is 0 Å².